The van der Waals surface area contributed by atoms with Gasteiger partial charge in [-0.3, -0.25) is 10.00 Å². The van der Waals surface area contributed by atoms with Crippen LogP contribution in [0.1, 0.15) is 30.2 Å². The SMILES string of the molecule is c1coc(CN2CCCC(c3[nH]ncc3-c3cccc4ccccc34)C2)c1. The van der Waals surface area contributed by atoms with E-state index in [9.17, 15) is 0 Å². The van der Waals surface area contributed by atoms with Gasteiger partial charge in [-0.05, 0) is 47.9 Å². The maximum Gasteiger partial charge on any atom is 0.117 e. The first-order valence-electron chi connectivity index (χ1n) is 9.64. The Bertz CT molecular complexity index is 1030. The van der Waals surface area contributed by atoms with Gasteiger partial charge in [0, 0.05) is 23.7 Å². The van der Waals surface area contributed by atoms with Gasteiger partial charge in [0.15, 0.2) is 0 Å². The fraction of sp³-hybridized carbons (Fsp3) is 0.261. The highest BCUT2D eigenvalue weighted by Gasteiger charge is 2.26. The zero-order valence-electron chi connectivity index (χ0n) is 15.3. The summed E-state index contributed by atoms with van der Waals surface area (Å²) in [5.74, 6) is 1.50. The van der Waals surface area contributed by atoms with Crippen molar-refractivity contribution in [1.82, 2.24) is 15.1 Å². The van der Waals surface area contributed by atoms with E-state index in [-0.39, 0.29) is 0 Å². The van der Waals surface area contributed by atoms with Gasteiger partial charge in [0.1, 0.15) is 5.76 Å². The molecule has 0 spiro atoms. The van der Waals surface area contributed by atoms with Gasteiger partial charge in [-0.15, -0.1) is 0 Å². The Balaban J connectivity index is 1.46. The van der Waals surface area contributed by atoms with E-state index in [0.29, 0.717) is 5.92 Å². The van der Waals surface area contributed by atoms with Crippen molar-refractivity contribution >= 4 is 10.8 Å². The summed E-state index contributed by atoms with van der Waals surface area (Å²) in [5.41, 5.74) is 3.76. The molecule has 0 aliphatic carbocycles. The van der Waals surface area contributed by atoms with Crippen LogP contribution in [0, 0.1) is 0 Å². The third kappa shape index (κ3) is 3.17. The normalized spacial score (nSPS) is 18.1. The minimum absolute atomic E-state index is 0.463. The second-order valence-electron chi connectivity index (χ2n) is 7.38. The number of benzene rings is 2. The third-order valence-electron chi connectivity index (χ3n) is 5.62. The van der Waals surface area contributed by atoms with E-state index in [4.69, 9.17) is 4.42 Å². The van der Waals surface area contributed by atoms with Gasteiger partial charge in [0.05, 0.1) is 19.0 Å². The molecule has 1 saturated heterocycles. The summed E-state index contributed by atoms with van der Waals surface area (Å²) in [7, 11) is 0. The fourth-order valence-corrected chi connectivity index (χ4v) is 4.34. The maximum absolute atomic E-state index is 5.54. The molecule has 0 amide bonds. The van der Waals surface area contributed by atoms with Crippen LogP contribution in [0.25, 0.3) is 21.9 Å². The first kappa shape index (κ1) is 16.3. The summed E-state index contributed by atoms with van der Waals surface area (Å²) < 4.78 is 5.54. The Morgan fingerprint density at radius 1 is 1.04 bits per heavy atom. The highest BCUT2D eigenvalue weighted by Crippen LogP contribution is 2.36. The Morgan fingerprint density at radius 3 is 2.89 bits per heavy atom. The van der Waals surface area contributed by atoms with Crippen LogP contribution in [0.3, 0.4) is 0 Å². The molecule has 1 unspecified atom stereocenters. The van der Waals surface area contributed by atoms with Gasteiger partial charge in [-0.1, -0.05) is 42.5 Å². The molecule has 27 heavy (non-hydrogen) atoms. The predicted molar refractivity (Wildman–Crippen MR) is 107 cm³/mol. The number of aromatic nitrogens is 2. The average molecular weight is 357 g/mol. The van der Waals surface area contributed by atoms with Crippen molar-refractivity contribution in [3.63, 3.8) is 0 Å². The third-order valence-corrected chi connectivity index (χ3v) is 5.62. The molecule has 4 nitrogen and oxygen atoms in total. The monoisotopic (exact) mass is 357 g/mol. The lowest BCUT2D eigenvalue weighted by molar-refractivity contribution is 0.185. The minimum Gasteiger partial charge on any atom is -0.468 e. The van der Waals surface area contributed by atoms with Crippen LogP contribution in [-0.2, 0) is 6.54 Å². The summed E-state index contributed by atoms with van der Waals surface area (Å²) in [6.45, 7) is 3.02. The van der Waals surface area contributed by atoms with Crippen LogP contribution in [-0.4, -0.2) is 28.2 Å². The molecule has 3 heterocycles. The summed E-state index contributed by atoms with van der Waals surface area (Å²) in [4.78, 5) is 2.49. The number of nitrogens with one attached hydrogen (secondary N) is 1. The van der Waals surface area contributed by atoms with Crippen LogP contribution < -0.4 is 0 Å². The smallest absolute Gasteiger partial charge is 0.117 e. The van der Waals surface area contributed by atoms with Crippen LogP contribution >= 0.6 is 0 Å². The van der Waals surface area contributed by atoms with Crippen molar-refractivity contribution in [3.05, 3.63) is 78.5 Å². The number of H-pyrrole nitrogens is 1. The molecule has 5 rings (SSSR count). The van der Waals surface area contributed by atoms with Gasteiger partial charge in [-0.2, -0.15) is 5.10 Å². The number of nitrogens with zero attached hydrogens (tertiary/aromatic N) is 2. The molecular weight excluding hydrogens is 334 g/mol. The quantitative estimate of drug-likeness (QED) is 0.546. The standard InChI is InChI=1S/C23H23N3O/c1-2-10-20-17(6-1)7-3-11-21(20)22-14-24-25-23(22)18-8-4-12-26(15-18)16-19-9-5-13-27-19/h1-3,5-7,9-11,13-14,18H,4,8,12,15-16H2,(H,24,25). The Kier molecular flexibility index (Phi) is 4.26. The topological polar surface area (TPSA) is 45.1 Å². The largest absolute Gasteiger partial charge is 0.468 e. The summed E-state index contributed by atoms with van der Waals surface area (Å²) >= 11 is 0. The fourth-order valence-electron chi connectivity index (χ4n) is 4.34. The van der Waals surface area contributed by atoms with Crippen LogP contribution in [0.15, 0.2) is 71.5 Å². The van der Waals surface area contributed by atoms with Crippen molar-refractivity contribution in [2.24, 2.45) is 0 Å². The van der Waals surface area contributed by atoms with Gasteiger partial charge in [0.2, 0.25) is 0 Å². The molecule has 4 aromatic rings. The van der Waals surface area contributed by atoms with Crippen molar-refractivity contribution < 1.29 is 4.42 Å². The number of rotatable bonds is 4. The van der Waals surface area contributed by atoms with Crippen LogP contribution in [0.2, 0.25) is 0 Å². The van der Waals surface area contributed by atoms with Crippen LogP contribution in [0.5, 0.6) is 0 Å². The minimum atomic E-state index is 0.463. The maximum atomic E-state index is 5.54. The van der Waals surface area contributed by atoms with Crippen molar-refractivity contribution in [1.29, 1.82) is 0 Å². The number of likely N-dealkylation sites (tertiary alicyclic amines) is 1. The molecule has 1 aliphatic rings. The molecular formula is C23H23N3O. The van der Waals surface area contributed by atoms with Crippen molar-refractivity contribution in [2.75, 3.05) is 13.1 Å². The molecule has 0 saturated carbocycles. The van der Waals surface area contributed by atoms with E-state index in [1.807, 2.05) is 12.3 Å². The first-order valence-corrected chi connectivity index (χ1v) is 9.64. The van der Waals surface area contributed by atoms with E-state index in [0.717, 1.165) is 25.4 Å². The Morgan fingerprint density at radius 2 is 1.96 bits per heavy atom. The number of piperidine rings is 1. The summed E-state index contributed by atoms with van der Waals surface area (Å²) in [6, 6.07) is 19.1. The molecule has 0 bridgehead atoms. The number of aromatic amines is 1. The number of fused-ring (bicyclic) bond motifs is 1. The molecule has 1 fully saturated rings. The second-order valence-corrected chi connectivity index (χ2v) is 7.38. The number of hydrogen-bond acceptors (Lipinski definition) is 3. The van der Waals surface area contributed by atoms with Crippen LogP contribution in [0.4, 0.5) is 0 Å². The first-order chi connectivity index (χ1) is 13.4. The molecule has 4 heteroatoms. The van der Waals surface area contributed by atoms with E-state index in [2.05, 4.69) is 63.6 Å². The second kappa shape index (κ2) is 7.05. The zero-order chi connectivity index (χ0) is 18.1. The molecule has 1 aliphatic heterocycles. The Hall–Kier alpha value is -2.85. The lowest BCUT2D eigenvalue weighted by Gasteiger charge is -2.32. The lowest BCUT2D eigenvalue weighted by atomic mass is 9.89. The molecule has 0 radical (unpaired) electrons. The lowest BCUT2D eigenvalue weighted by Crippen LogP contribution is -2.34. The van der Waals surface area contributed by atoms with E-state index in [1.54, 1.807) is 6.26 Å². The average Bonchev–Trinajstić information content (AvgIpc) is 3.40. The van der Waals surface area contributed by atoms with Gasteiger partial charge in [0.25, 0.3) is 0 Å². The molecule has 136 valence electrons. The van der Waals surface area contributed by atoms with E-state index >= 15 is 0 Å². The molecule has 1 N–H and O–H groups in total. The van der Waals surface area contributed by atoms with Gasteiger partial charge in [-0.25, -0.2) is 0 Å². The van der Waals surface area contributed by atoms with Crippen molar-refractivity contribution in [3.8, 4) is 11.1 Å². The predicted octanol–water partition coefficient (Wildman–Crippen LogP) is 5.20. The van der Waals surface area contributed by atoms with Gasteiger partial charge < -0.3 is 4.42 Å². The molecule has 2 aromatic heterocycles. The van der Waals surface area contributed by atoms with Gasteiger partial charge >= 0.3 is 0 Å². The zero-order valence-corrected chi connectivity index (χ0v) is 15.3. The van der Waals surface area contributed by atoms with E-state index in [1.165, 1.54) is 40.4 Å². The number of hydrogen-bond donors (Lipinski definition) is 1. The highest BCUT2D eigenvalue weighted by atomic mass is 16.3. The Labute approximate surface area is 158 Å². The van der Waals surface area contributed by atoms with Crippen molar-refractivity contribution in [2.45, 2.75) is 25.3 Å². The summed E-state index contributed by atoms with van der Waals surface area (Å²) in [5, 5.41) is 10.3. The molecule has 1 atom stereocenters. The summed E-state index contributed by atoms with van der Waals surface area (Å²) in [6.07, 6.45) is 6.13. The number of furan rings is 1. The van der Waals surface area contributed by atoms with E-state index < -0.39 is 0 Å². The highest BCUT2D eigenvalue weighted by molar-refractivity contribution is 5.97. The molecule has 2 aromatic carbocycles.